The molecule has 0 atom stereocenters. The number of carbonyl (C=O) groups excluding carboxylic acids is 4. The maximum absolute atomic E-state index is 12.8. The molecule has 0 radical (unpaired) electrons. The monoisotopic (exact) mass is 361 g/mol. The number of amides is 3. The number of piperazine rings is 1. The molecule has 0 aromatic heterocycles. The fraction of sp³-hybridized carbons (Fsp3) is 0.444. The van der Waals surface area contributed by atoms with E-state index in [9.17, 15) is 19.2 Å². The van der Waals surface area contributed by atoms with Crippen LogP contribution in [0, 0.1) is 5.41 Å². The minimum Gasteiger partial charge on any atom is -0.465 e. The Morgan fingerprint density at radius 2 is 1.73 bits per heavy atom. The molecule has 0 unspecified atom stereocenters. The van der Waals surface area contributed by atoms with Crippen LogP contribution in [0.3, 0.4) is 0 Å². The lowest BCUT2D eigenvalue weighted by atomic mass is 9.89. The molecule has 3 amide bonds. The van der Waals surface area contributed by atoms with Gasteiger partial charge in [0.05, 0.1) is 18.4 Å². The van der Waals surface area contributed by atoms with Gasteiger partial charge in [-0.2, -0.15) is 0 Å². The van der Waals surface area contributed by atoms with E-state index < -0.39 is 17.3 Å². The fourth-order valence-corrected chi connectivity index (χ4v) is 2.68. The molecule has 1 aromatic rings. The van der Waals surface area contributed by atoms with Crippen molar-refractivity contribution in [1.29, 1.82) is 0 Å². The summed E-state index contributed by atoms with van der Waals surface area (Å²) >= 11 is 0. The highest BCUT2D eigenvalue weighted by Gasteiger charge is 2.40. The molecule has 8 nitrogen and oxygen atoms in total. The van der Waals surface area contributed by atoms with Crippen molar-refractivity contribution in [2.45, 2.75) is 13.8 Å². The largest absolute Gasteiger partial charge is 0.465 e. The standard InChI is InChI=1S/C18H23N3O5/c1-18(2,17(25)21-10-8-20(12-22)9-11-21)16(24)19-14-7-5-4-6-13(14)15(23)26-3/h4-7,12H,8-11H2,1-3H3,(H,19,24). The third kappa shape index (κ3) is 4.01. The Bertz CT molecular complexity index is 709. The predicted octanol–water partition coefficient (Wildman–Crippen LogP) is 0.738. The Kier molecular flexibility index (Phi) is 5.97. The highest BCUT2D eigenvalue weighted by Crippen LogP contribution is 2.24. The SMILES string of the molecule is COC(=O)c1ccccc1NC(=O)C(C)(C)C(=O)N1CCN(C=O)CC1. The first kappa shape index (κ1) is 19.4. The normalized spacial score (nSPS) is 14.6. The molecule has 2 rings (SSSR count). The second kappa shape index (κ2) is 7.99. The topological polar surface area (TPSA) is 96.0 Å². The molecule has 140 valence electrons. The van der Waals surface area contributed by atoms with Gasteiger partial charge in [0.25, 0.3) is 0 Å². The van der Waals surface area contributed by atoms with Gasteiger partial charge in [0.1, 0.15) is 5.41 Å². The maximum atomic E-state index is 12.8. The van der Waals surface area contributed by atoms with Crippen LogP contribution >= 0.6 is 0 Å². The minimum atomic E-state index is -1.33. The third-order valence-electron chi connectivity index (χ3n) is 4.43. The molecule has 0 spiro atoms. The number of ether oxygens (including phenoxy) is 1. The maximum Gasteiger partial charge on any atom is 0.339 e. The van der Waals surface area contributed by atoms with Crippen LogP contribution < -0.4 is 5.32 Å². The van der Waals surface area contributed by atoms with Gasteiger partial charge in [-0.1, -0.05) is 12.1 Å². The van der Waals surface area contributed by atoms with E-state index in [4.69, 9.17) is 4.74 Å². The number of hydrogen-bond acceptors (Lipinski definition) is 5. The molecule has 1 aromatic carbocycles. The summed E-state index contributed by atoms with van der Waals surface area (Å²) in [5.41, 5.74) is -0.825. The second-order valence-electron chi connectivity index (χ2n) is 6.55. The summed E-state index contributed by atoms with van der Waals surface area (Å²) in [6.07, 6.45) is 0.753. The van der Waals surface area contributed by atoms with Gasteiger partial charge >= 0.3 is 5.97 Å². The molecular weight excluding hydrogens is 338 g/mol. The molecule has 1 aliphatic heterocycles. The van der Waals surface area contributed by atoms with Crippen molar-refractivity contribution in [2.24, 2.45) is 5.41 Å². The molecule has 8 heteroatoms. The molecule has 1 saturated heterocycles. The Balaban J connectivity index is 2.12. The van der Waals surface area contributed by atoms with Crippen molar-refractivity contribution in [3.05, 3.63) is 29.8 Å². The molecule has 1 aliphatic rings. The summed E-state index contributed by atoms with van der Waals surface area (Å²) in [6.45, 7) is 4.73. The summed E-state index contributed by atoms with van der Waals surface area (Å²) in [6, 6.07) is 6.45. The fourth-order valence-electron chi connectivity index (χ4n) is 2.68. The lowest BCUT2D eigenvalue weighted by Gasteiger charge is -2.36. The van der Waals surface area contributed by atoms with Gasteiger partial charge in [-0.3, -0.25) is 14.4 Å². The average molecular weight is 361 g/mol. The van der Waals surface area contributed by atoms with Crippen molar-refractivity contribution in [3.8, 4) is 0 Å². The molecule has 1 heterocycles. The summed E-state index contributed by atoms with van der Waals surface area (Å²) in [5.74, 6) is -1.41. The van der Waals surface area contributed by atoms with E-state index in [1.165, 1.54) is 27.0 Å². The number of carbonyl (C=O) groups is 4. The highest BCUT2D eigenvalue weighted by atomic mass is 16.5. The summed E-state index contributed by atoms with van der Waals surface area (Å²) in [4.78, 5) is 51.3. The van der Waals surface area contributed by atoms with Gasteiger partial charge < -0.3 is 19.9 Å². The van der Waals surface area contributed by atoms with Gasteiger partial charge in [0.15, 0.2) is 0 Å². The smallest absolute Gasteiger partial charge is 0.339 e. The third-order valence-corrected chi connectivity index (χ3v) is 4.43. The average Bonchev–Trinajstić information content (AvgIpc) is 2.67. The van der Waals surface area contributed by atoms with Crippen LogP contribution in [-0.4, -0.2) is 67.3 Å². The predicted molar refractivity (Wildman–Crippen MR) is 94.4 cm³/mol. The number of nitrogens with zero attached hydrogens (tertiary/aromatic N) is 2. The van der Waals surface area contributed by atoms with Crippen LogP contribution in [-0.2, 0) is 19.1 Å². The molecule has 26 heavy (non-hydrogen) atoms. The molecular formula is C18H23N3O5. The number of hydrogen-bond donors (Lipinski definition) is 1. The van der Waals surface area contributed by atoms with Crippen molar-refractivity contribution < 1.29 is 23.9 Å². The molecule has 0 bridgehead atoms. The number of esters is 1. The van der Waals surface area contributed by atoms with Gasteiger partial charge in [-0.15, -0.1) is 0 Å². The molecule has 0 aliphatic carbocycles. The zero-order valence-electron chi connectivity index (χ0n) is 15.2. The first-order valence-corrected chi connectivity index (χ1v) is 8.28. The zero-order chi connectivity index (χ0) is 19.3. The van der Waals surface area contributed by atoms with E-state index in [1.54, 1.807) is 28.0 Å². The van der Waals surface area contributed by atoms with Crippen LogP contribution in [0.25, 0.3) is 0 Å². The quantitative estimate of drug-likeness (QED) is 0.474. The lowest BCUT2D eigenvalue weighted by molar-refractivity contribution is -0.148. The molecule has 1 fully saturated rings. The number of nitrogens with one attached hydrogen (secondary N) is 1. The lowest BCUT2D eigenvalue weighted by Crippen LogP contribution is -2.54. The molecule has 0 saturated carbocycles. The Labute approximate surface area is 152 Å². The van der Waals surface area contributed by atoms with Crippen LogP contribution in [0.5, 0.6) is 0 Å². The van der Waals surface area contributed by atoms with Gasteiger partial charge in [-0.25, -0.2) is 4.79 Å². The van der Waals surface area contributed by atoms with Crippen LogP contribution in [0.15, 0.2) is 24.3 Å². The molecule has 1 N–H and O–H groups in total. The van der Waals surface area contributed by atoms with Gasteiger partial charge in [0.2, 0.25) is 18.2 Å². The van der Waals surface area contributed by atoms with E-state index in [-0.39, 0.29) is 17.2 Å². The van der Waals surface area contributed by atoms with Crippen LogP contribution in [0.1, 0.15) is 24.2 Å². The van der Waals surface area contributed by atoms with Crippen LogP contribution in [0.4, 0.5) is 5.69 Å². The number of rotatable bonds is 5. The zero-order valence-corrected chi connectivity index (χ0v) is 15.2. The van der Waals surface area contributed by atoms with Crippen molar-refractivity contribution >= 4 is 29.9 Å². The van der Waals surface area contributed by atoms with Crippen molar-refractivity contribution in [2.75, 3.05) is 38.6 Å². The number of methoxy groups -OCH3 is 1. The number of para-hydroxylation sites is 1. The van der Waals surface area contributed by atoms with E-state index >= 15 is 0 Å². The number of anilines is 1. The Hall–Kier alpha value is -2.90. The van der Waals surface area contributed by atoms with Gasteiger partial charge in [0, 0.05) is 26.2 Å². The Morgan fingerprint density at radius 1 is 1.12 bits per heavy atom. The van der Waals surface area contributed by atoms with E-state index in [2.05, 4.69) is 5.32 Å². The van der Waals surface area contributed by atoms with Crippen LogP contribution in [0.2, 0.25) is 0 Å². The van der Waals surface area contributed by atoms with Crippen molar-refractivity contribution in [1.82, 2.24) is 9.80 Å². The number of benzene rings is 1. The summed E-state index contributed by atoms with van der Waals surface area (Å²) in [7, 11) is 1.26. The summed E-state index contributed by atoms with van der Waals surface area (Å²) < 4.78 is 4.71. The van der Waals surface area contributed by atoms with Crippen molar-refractivity contribution in [3.63, 3.8) is 0 Å². The highest BCUT2D eigenvalue weighted by molar-refractivity contribution is 6.11. The van der Waals surface area contributed by atoms with E-state index in [1.807, 2.05) is 0 Å². The van der Waals surface area contributed by atoms with E-state index in [0.717, 1.165) is 6.41 Å². The second-order valence-corrected chi connectivity index (χ2v) is 6.55. The minimum absolute atomic E-state index is 0.214. The first-order valence-electron chi connectivity index (χ1n) is 8.28. The Morgan fingerprint density at radius 3 is 2.31 bits per heavy atom. The summed E-state index contributed by atoms with van der Waals surface area (Å²) in [5, 5.41) is 2.65. The van der Waals surface area contributed by atoms with Gasteiger partial charge in [-0.05, 0) is 26.0 Å². The van der Waals surface area contributed by atoms with E-state index in [0.29, 0.717) is 26.2 Å². The first-order chi connectivity index (χ1) is 12.3.